The van der Waals surface area contributed by atoms with Crippen LogP contribution >= 0.6 is 0 Å². The van der Waals surface area contributed by atoms with Gasteiger partial charge in [0.25, 0.3) is 0 Å². The van der Waals surface area contributed by atoms with Crippen LogP contribution in [-0.4, -0.2) is 16.2 Å². The van der Waals surface area contributed by atoms with E-state index in [0.717, 1.165) is 5.56 Å². The molecule has 2 aromatic carbocycles. The maximum Gasteiger partial charge on any atom is 0.335 e. The molecule has 4 nitrogen and oxygen atoms in total. The summed E-state index contributed by atoms with van der Waals surface area (Å²) in [5.74, 6) is 0.374. The second-order valence-electron chi connectivity index (χ2n) is 3.88. The van der Waals surface area contributed by atoms with E-state index in [9.17, 15) is 4.79 Å². The second-order valence-corrected chi connectivity index (χ2v) is 3.88. The fourth-order valence-corrected chi connectivity index (χ4v) is 1.54. The number of benzene rings is 2. The average molecular weight is 244 g/mol. The lowest BCUT2D eigenvalue weighted by Gasteiger charge is -2.09. The molecule has 92 valence electrons. The van der Waals surface area contributed by atoms with E-state index in [4.69, 9.17) is 14.9 Å². The average Bonchev–Trinajstić information content (AvgIpc) is 2.34. The van der Waals surface area contributed by atoms with Crippen LogP contribution in [0.25, 0.3) is 0 Å². The van der Waals surface area contributed by atoms with Crippen molar-refractivity contribution >= 4 is 5.97 Å². The minimum atomic E-state index is -0.964. The van der Waals surface area contributed by atoms with E-state index in [2.05, 4.69) is 0 Å². The van der Waals surface area contributed by atoms with Gasteiger partial charge in [-0.25, -0.2) is 4.79 Å². The molecule has 2 aromatic rings. The highest BCUT2D eigenvalue weighted by Gasteiger charge is 2.07. The Kier molecular flexibility index (Phi) is 3.19. The monoisotopic (exact) mass is 244 g/mol. The molecule has 2 rings (SSSR count). The van der Waals surface area contributed by atoms with Gasteiger partial charge < -0.3 is 14.9 Å². The third-order valence-corrected chi connectivity index (χ3v) is 2.49. The maximum absolute atomic E-state index is 10.8. The Morgan fingerprint density at radius 1 is 1.11 bits per heavy atom. The van der Waals surface area contributed by atoms with Gasteiger partial charge in [0.2, 0.25) is 0 Å². The number of rotatable bonds is 3. The van der Waals surface area contributed by atoms with Crippen LogP contribution in [0.1, 0.15) is 15.9 Å². The quantitative estimate of drug-likeness (QED) is 0.870. The molecule has 0 aliphatic rings. The SMILES string of the molecule is Cc1cc(C(=O)O)ccc1Oc1ccc(O)cc1. The molecule has 0 unspecified atom stereocenters. The van der Waals surface area contributed by atoms with E-state index in [1.165, 1.54) is 18.2 Å². The molecule has 0 saturated carbocycles. The topological polar surface area (TPSA) is 66.8 Å². The van der Waals surface area contributed by atoms with Gasteiger partial charge in [0, 0.05) is 0 Å². The van der Waals surface area contributed by atoms with Crippen molar-refractivity contribution in [1.82, 2.24) is 0 Å². The van der Waals surface area contributed by atoms with Gasteiger partial charge in [-0.1, -0.05) is 0 Å². The molecule has 4 heteroatoms. The highest BCUT2D eigenvalue weighted by molar-refractivity contribution is 5.88. The van der Waals surface area contributed by atoms with Gasteiger partial charge in [-0.2, -0.15) is 0 Å². The van der Waals surface area contributed by atoms with Crippen molar-refractivity contribution in [2.75, 3.05) is 0 Å². The molecular weight excluding hydrogens is 232 g/mol. The Bertz CT molecular complexity index is 573. The van der Waals surface area contributed by atoms with Crippen molar-refractivity contribution in [2.24, 2.45) is 0 Å². The smallest absolute Gasteiger partial charge is 0.335 e. The summed E-state index contributed by atoms with van der Waals surface area (Å²) in [5.41, 5.74) is 0.966. The first-order chi connectivity index (χ1) is 8.56. The lowest BCUT2D eigenvalue weighted by molar-refractivity contribution is 0.0697. The molecule has 0 fully saturated rings. The Morgan fingerprint density at radius 2 is 1.78 bits per heavy atom. The van der Waals surface area contributed by atoms with Gasteiger partial charge in [0.05, 0.1) is 5.56 Å². The van der Waals surface area contributed by atoms with Gasteiger partial charge in [-0.3, -0.25) is 0 Å². The third-order valence-electron chi connectivity index (χ3n) is 2.49. The zero-order valence-electron chi connectivity index (χ0n) is 9.75. The number of carboxylic acid groups (broad SMARTS) is 1. The summed E-state index contributed by atoms with van der Waals surface area (Å²) in [6.07, 6.45) is 0. The van der Waals surface area contributed by atoms with Crippen molar-refractivity contribution in [3.8, 4) is 17.2 Å². The number of phenols is 1. The van der Waals surface area contributed by atoms with Crippen molar-refractivity contribution < 1.29 is 19.7 Å². The van der Waals surface area contributed by atoms with E-state index in [1.54, 1.807) is 31.2 Å². The highest BCUT2D eigenvalue weighted by atomic mass is 16.5. The molecule has 18 heavy (non-hydrogen) atoms. The first-order valence-electron chi connectivity index (χ1n) is 5.37. The summed E-state index contributed by atoms with van der Waals surface area (Å²) >= 11 is 0. The summed E-state index contributed by atoms with van der Waals surface area (Å²) in [5, 5.41) is 18.0. The third kappa shape index (κ3) is 2.60. The van der Waals surface area contributed by atoms with Crippen LogP contribution in [0.2, 0.25) is 0 Å². The van der Waals surface area contributed by atoms with Crippen LogP contribution in [0.4, 0.5) is 0 Å². The van der Waals surface area contributed by atoms with Crippen LogP contribution in [0.3, 0.4) is 0 Å². The van der Waals surface area contributed by atoms with Gasteiger partial charge >= 0.3 is 5.97 Å². The van der Waals surface area contributed by atoms with Gasteiger partial charge in [0.15, 0.2) is 0 Å². The first-order valence-corrected chi connectivity index (χ1v) is 5.37. The summed E-state index contributed by atoms with van der Waals surface area (Å²) in [7, 11) is 0. The number of aryl methyl sites for hydroxylation is 1. The predicted octanol–water partition coefficient (Wildman–Crippen LogP) is 3.19. The molecule has 0 spiro atoms. The van der Waals surface area contributed by atoms with Crippen LogP contribution in [0.5, 0.6) is 17.2 Å². The summed E-state index contributed by atoms with van der Waals surface area (Å²) in [6, 6.07) is 11.0. The van der Waals surface area contributed by atoms with E-state index in [1.807, 2.05) is 0 Å². The van der Waals surface area contributed by atoms with Crippen LogP contribution in [0, 0.1) is 6.92 Å². The molecule has 0 atom stereocenters. The molecular formula is C14H12O4. The molecule has 0 amide bonds. The molecule has 0 radical (unpaired) electrons. The molecule has 0 aliphatic heterocycles. The Balaban J connectivity index is 2.24. The minimum Gasteiger partial charge on any atom is -0.508 e. The van der Waals surface area contributed by atoms with Crippen molar-refractivity contribution in [1.29, 1.82) is 0 Å². The van der Waals surface area contributed by atoms with E-state index < -0.39 is 5.97 Å². The molecule has 0 heterocycles. The number of carbonyl (C=O) groups is 1. The lowest BCUT2D eigenvalue weighted by atomic mass is 10.1. The van der Waals surface area contributed by atoms with Gasteiger partial charge in [0.1, 0.15) is 17.2 Å². The zero-order chi connectivity index (χ0) is 13.1. The van der Waals surface area contributed by atoms with Gasteiger partial charge in [-0.15, -0.1) is 0 Å². The number of aromatic carboxylic acids is 1. The maximum atomic E-state index is 10.8. The standard InChI is InChI=1S/C14H12O4/c1-9-8-10(14(16)17)2-7-13(9)18-12-5-3-11(15)4-6-12/h2-8,15H,1H3,(H,16,17). The number of carboxylic acids is 1. The largest absolute Gasteiger partial charge is 0.508 e. The zero-order valence-corrected chi connectivity index (χ0v) is 9.75. The summed E-state index contributed by atoms with van der Waals surface area (Å²) in [4.78, 5) is 10.8. The Hall–Kier alpha value is -2.49. The van der Waals surface area contributed by atoms with Crippen molar-refractivity contribution in [3.05, 3.63) is 53.6 Å². The van der Waals surface area contributed by atoms with Gasteiger partial charge in [-0.05, 0) is 55.0 Å². The Labute approximate surface area is 104 Å². The highest BCUT2D eigenvalue weighted by Crippen LogP contribution is 2.26. The number of ether oxygens (including phenoxy) is 1. The van der Waals surface area contributed by atoms with Crippen molar-refractivity contribution in [3.63, 3.8) is 0 Å². The number of aromatic hydroxyl groups is 1. The Morgan fingerprint density at radius 3 is 2.33 bits per heavy atom. The van der Waals surface area contributed by atoms with E-state index >= 15 is 0 Å². The first kappa shape index (κ1) is 12.0. The minimum absolute atomic E-state index is 0.167. The second kappa shape index (κ2) is 4.79. The van der Waals surface area contributed by atoms with Crippen LogP contribution in [-0.2, 0) is 0 Å². The normalized spacial score (nSPS) is 10.1. The fourth-order valence-electron chi connectivity index (χ4n) is 1.54. The summed E-state index contributed by atoms with van der Waals surface area (Å²) < 4.78 is 5.59. The summed E-state index contributed by atoms with van der Waals surface area (Å²) in [6.45, 7) is 1.78. The van der Waals surface area contributed by atoms with Crippen LogP contribution < -0.4 is 4.74 Å². The number of hydrogen-bond acceptors (Lipinski definition) is 3. The van der Waals surface area contributed by atoms with Crippen molar-refractivity contribution in [2.45, 2.75) is 6.92 Å². The lowest BCUT2D eigenvalue weighted by Crippen LogP contribution is -1.97. The molecule has 0 aromatic heterocycles. The van der Waals surface area contributed by atoms with Crippen LogP contribution in [0.15, 0.2) is 42.5 Å². The predicted molar refractivity (Wildman–Crippen MR) is 66.3 cm³/mol. The molecule has 2 N–H and O–H groups in total. The molecule has 0 saturated heterocycles. The molecule has 0 bridgehead atoms. The van der Waals surface area contributed by atoms with E-state index in [0.29, 0.717) is 11.5 Å². The number of hydrogen-bond donors (Lipinski definition) is 2. The number of phenolic OH excluding ortho intramolecular Hbond substituents is 1. The molecule has 0 aliphatic carbocycles. The fraction of sp³-hybridized carbons (Fsp3) is 0.0714. The van der Waals surface area contributed by atoms with E-state index in [-0.39, 0.29) is 11.3 Å².